The van der Waals surface area contributed by atoms with Crippen molar-refractivity contribution >= 4 is 11.6 Å². The number of hydrogen-bond donors (Lipinski definition) is 2. The van der Waals surface area contributed by atoms with E-state index in [2.05, 4.69) is 15.5 Å². The number of para-hydroxylation sites is 1. The van der Waals surface area contributed by atoms with E-state index in [0.29, 0.717) is 17.1 Å². The zero-order chi connectivity index (χ0) is 19.0. The molecule has 27 heavy (non-hydrogen) atoms. The number of carbonyl (C=O) groups is 1. The Hall–Kier alpha value is -3.06. The van der Waals surface area contributed by atoms with Gasteiger partial charge in [0.25, 0.3) is 11.8 Å². The molecule has 0 aliphatic heterocycles. The molecule has 3 aromatic rings. The van der Waals surface area contributed by atoms with E-state index in [1.165, 1.54) is 18.2 Å². The van der Waals surface area contributed by atoms with Crippen LogP contribution in [0.3, 0.4) is 0 Å². The maximum absolute atomic E-state index is 13.9. The number of carbonyl (C=O) groups excluding carboxylic acids is 1. The van der Waals surface area contributed by atoms with Crippen LogP contribution in [0.1, 0.15) is 41.0 Å². The van der Waals surface area contributed by atoms with Gasteiger partial charge < -0.3 is 15.6 Å². The number of nitrogens with zero attached hydrogens (tertiary/aromatic N) is 2. The van der Waals surface area contributed by atoms with Crippen LogP contribution in [-0.4, -0.2) is 16.0 Å². The number of aromatic nitrogens is 2. The molecule has 0 saturated heterocycles. The minimum Gasteiger partial charge on any atom is -0.334 e. The van der Waals surface area contributed by atoms with Crippen molar-refractivity contribution in [3.8, 4) is 11.5 Å². The fourth-order valence-electron chi connectivity index (χ4n) is 3.15. The Balaban J connectivity index is 1.69. The molecule has 1 aliphatic rings. The van der Waals surface area contributed by atoms with E-state index in [1.54, 1.807) is 12.1 Å². The summed E-state index contributed by atoms with van der Waals surface area (Å²) in [5, 5.41) is 6.80. The van der Waals surface area contributed by atoms with Gasteiger partial charge in [0.2, 0.25) is 0 Å². The van der Waals surface area contributed by atoms with E-state index < -0.39 is 17.3 Å². The molecule has 2 aromatic carbocycles. The fourth-order valence-corrected chi connectivity index (χ4v) is 3.15. The lowest BCUT2D eigenvalue weighted by atomic mass is 9.77. The first-order valence-electron chi connectivity index (χ1n) is 8.77. The summed E-state index contributed by atoms with van der Waals surface area (Å²) in [6.07, 6.45) is 2.67. The number of nitrogens with one attached hydrogen (secondary N) is 1. The van der Waals surface area contributed by atoms with E-state index in [4.69, 9.17) is 10.3 Å². The monoisotopic (exact) mass is 366 g/mol. The molecule has 6 nitrogen and oxygen atoms in total. The second-order valence-electron chi connectivity index (χ2n) is 6.86. The predicted octanol–water partition coefficient (Wildman–Crippen LogP) is 3.77. The van der Waals surface area contributed by atoms with Crippen LogP contribution in [0.4, 0.5) is 10.1 Å². The molecule has 138 valence electrons. The molecule has 3 N–H and O–H groups in total. The summed E-state index contributed by atoms with van der Waals surface area (Å²) in [5.41, 5.74) is 7.55. The molecule has 1 fully saturated rings. The lowest BCUT2D eigenvalue weighted by molar-refractivity contribution is 0.102. The van der Waals surface area contributed by atoms with Crippen LogP contribution < -0.4 is 11.1 Å². The summed E-state index contributed by atoms with van der Waals surface area (Å²) >= 11 is 0. The van der Waals surface area contributed by atoms with Crippen molar-refractivity contribution < 1.29 is 13.7 Å². The van der Waals surface area contributed by atoms with E-state index in [1.807, 2.05) is 19.1 Å². The SMILES string of the molecule is Cc1cccc(-c2nc(C3(N)CCC3)no2)c1NC(=O)c1ccccc1F. The topological polar surface area (TPSA) is 94.0 Å². The number of halogens is 1. The molecule has 1 amide bonds. The number of amides is 1. The van der Waals surface area contributed by atoms with Crippen LogP contribution in [0.25, 0.3) is 11.5 Å². The average Bonchev–Trinajstić information content (AvgIpc) is 3.12. The van der Waals surface area contributed by atoms with Crippen LogP contribution in [0, 0.1) is 12.7 Å². The number of anilines is 1. The number of aryl methyl sites for hydroxylation is 1. The summed E-state index contributed by atoms with van der Waals surface area (Å²) < 4.78 is 19.3. The molecule has 0 atom stereocenters. The molecule has 4 rings (SSSR count). The third-order valence-corrected chi connectivity index (χ3v) is 4.98. The predicted molar refractivity (Wildman–Crippen MR) is 98.5 cm³/mol. The lowest BCUT2D eigenvalue weighted by Crippen LogP contribution is -2.44. The Morgan fingerprint density at radius 1 is 1.22 bits per heavy atom. The Labute approximate surface area is 155 Å². The minimum absolute atomic E-state index is 0.0340. The molecule has 1 heterocycles. The highest BCUT2D eigenvalue weighted by atomic mass is 19.1. The van der Waals surface area contributed by atoms with Crippen molar-refractivity contribution in [2.45, 2.75) is 31.7 Å². The normalized spacial score (nSPS) is 15.2. The first kappa shape index (κ1) is 17.4. The van der Waals surface area contributed by atoms with E-state index in [-0.39, 0.29) is 11.5 Å². The lowest BCUT2D eigenvalue weighted by Gasteiger charge is -2.34. The number of benzene rings is 2. The van der Waals surface area contributed by atoms with Crippen LogP contribution >= 0.6 is 0 Å². The zero-order valence-electron chi connectivity index (χ0n) is 14.8. The van der Waals surface area contributed by atoms with Gasteiger partial charge in [-0.15, -0.1) is 0 Å². The molecule has 0 spiro atoms. The van der Waals surface area contributed by atoms with Crippen molar-refractivity contribution in [1.29, 1.82) is 0 Å². The molecular weight excluding hydrogens is 347 g/mol. The van der Waals surface area contributed by atoms with Crippen molar-refractivity contribution in [3.05, 3.63) is 65.2 Å². The Kier molecular flexibility index (Phi) is 4.24. The molecule has 1 aliphatic carbocycles. The number of nitrogens with two attached hydrogens (primary N) is 1. The summed E-state index contributed by atoms with van der Waals surface area (Å²) in [6, 6.07) is 11.3. The highest BCUT2D eigenvalue weighted by Crippen LogP contribution is 2.38. The molecule has 1 saturated carbocycles. The van der Waals surface area contributed by atoms with Crippen molar-refractivity contribution in [1.82, 2.24) is 10.1 Å². The maximum Gasteiger partial charge on any atom is 0.260 e. The summed E-state index contributed by atoms with van der Waals surface area (Å²) in [6.45, 7) is 1.84. The summed E-state index contributed by atoms with van der Waals surface area (Å²) in [4.78, 5) is 17.0. The summed E-state index contributed by atoms with van der Waals surface area (Å²) in [5.74, 6) is -0.385. The third-order valence-electron chi connectivity index (χ3n) is 4.98. The van der Waals surface area contributed by atoms with Gasteiger partial charge in [-0.3, -0.25) is 4.79 Å². The first-order chi connectivity index (χ1) is 13.0. The van der Waals surface area contributed by atoms with Crippen molar-refractivity contribution in [3.63, 3.8) is 0 Å². The fraction of sp³-hybridized carbons (Fsp3) is 0.250. The quantitative estimate of drug-likeness (QED) is 0.733. The van der Waals surface area contributed by atoms with E-state index >= 15 is 0 Å². The smallest absolute Gasteiger partial charge is 0.260 e. The van der Waals surface area contributed by atoms with Gasteiger partial charge in [0.15, 0.2) is 5.82 Å². The molecule has 0 unspecified atom stereocenters. The van der Waals surface area contributed by atoms with Crippen LogP contribution in [0.15, 0.2) is 47.0 Å². The zero-order valence-corrected chi connectivity index (χ0v) is 14.8. The summed E-state index contributed by atoms with van der Waals surface area (Å²) in [7, 11) is 0. The highest BCUT2D eigenvalue weighted by Gasteiger charge is 2.39. The second-order valence-corrected chi connectivity index (χ2v) is 6.86. The van der Waals surface area contributed by atoms with Crippen molar-refractivity contribution in [2.75, 3.05) is 5.32 Å². The average molecular weight is 366 g/mol. The molecule has 0 bridgehead atoms. The second kappa shape index (κ2) is 6.59. The van der Waals surface area contributed by atoms with Crippen LogP contribution in [0.5, 0.6) is 0 Å². The molecule has 1 aromatic heterocycles. The maximum atomic E-state index is 13.9. The van der Waals surface area contributed by atoms with Gasteiger partial charge >= 0.3 is 0 Å². The molecule has 0 radical (unpaired) electrons. The third kappa shape index (κ3) is 3.10. The van der Waals surface area contributed by atoms with Gasteiger partial charge in [-0.05, 0) is 49.9 Å². The van der Waals surface area contributed by atoms with E-state index in [9.17, 15) is 9.18 Å². The Morgan fingerprint density at radius 3 is 2.70 bits per heavy atom. The standard InChI is InChI=1S/C20H19FN4O2/c1-12-6-4-8-14(18-24-19(25-27-18)20(22)10-5-11-20)16(12)23-17(26)13-7-2-3-9-15(13)21/h2-4,6-9H,5,10-11,22H2,1H3,(H,23,26). The Bertz CT molecular complexity index is 1010. The van der Waals surface area contributed by atoms with Gasteiger partial charge in [0, 0.05) is 0 Å². The van der Waals surface area contributed by atoms with Gasteiger partial charge in [-0.1, -0.05) is 29.4 Å². The van der Waals surface area contributed by atoms with Gasteiger partial charge in [-0.2, -0.15) is 4.98 Å². The van der Waals surface area contributed by atoms with Crippen molar-refractivity contribution in [2.24, 2.45) is 5.73 Å². The van der Waals surface area contributed by atoms with E-state index in [0.717, 1.165) is 24.8 Å². The van der Waals surface area contributed by atoms with Gasteiger partial charge in [0.05, 0.1) is 22.4 Å². The minimum atomic E-state index is -0.583. The molecular formula is C20H19FN4O2. The molecule has 7 heteroatoms. The van der Waals surface area contributed by atoms with Gasteiger partial charge in [0.1, 0.15) is 5.82 Å². The Morgan fingerprint density at radius 2 is 2.00 bits per heavy atom. The van der Waals surface area contributed by atoms with Crippen LogP contribution in [0.2, 0.25) is 0 Å². The highest BCUT2D eigenvalue weighted by molar-refractivity contribution is 6.06. The van der Waals surface area contributed by atoms with Crippen LogP contribution in [-0.2, 0) is 5.54 Å². The largest absolute Gasteiger partial charge is 0.334 e. The number of hydrogen-bond acceptors (Lipinski definition) is 5. The first-order valence-corrected chi connectivity index (χ1v) is 8.77. The number of rotatable bonds is 4. The van der Waals surface area contributed by atoms with Gasteiger partial charge in [-0.25, -0.2) is 4.39 Å².